The van der Waals surface area contributed by atoms with E-state index in [1.54, 1.807) is 6.92 Å². The first-order valence-electron chi connectivity index (χ1n) is 7.83. The van der Waals surface area contributed by atoms with E-state index in [2.05, 4.69) is 9.64 Å². The van der Waals surface area contributed by atoms with Crippen LogP contribution in [0, 0.1) is 5.82 Å². The molecule has 2 rings (SSSR count). The van der Waals surface area contributed by atoms with Gasteiger partial charge in [-0.05, 0) is 26.0 Å². The Balaban J connectivity index is 2.08. The molecule has 1 heterocycles. The minimum atomic E-state index is -4.86. The Kier molecular flexibility index (Phi) is 6.06. The van der Waals surface area contributed by atoms with E-state index in [1.165, 1.54) is 6.07 Å². The van der Waals surface area contributed by atoms with E-state index in [-0.39, 0.29) is 18.2 Å². The molecule has 0 radical (unpaired) electrons. The fraction of sp³-hybridized carbons (Fsp3) is 0.625. The van der Waals surface area contributed by atoms with Gasteiger partial charge in [0.15, 0.2) is 0 Å². The summed E-state index contributed by atoms with van der Waals surface area (Å²) in [5.74, 6) is -1.21. The van der Waals surface area contributed by atoms with Gasteiger partial charge >= 0.3 is 6.36 Å². The molecular formula is C16H22F4N2O2. The van der Waals surface area contributed by atoms with Gasteiger partial charge in [0.05, 0.1) is 6.10 Å². The smallest absolute Gasteiger partial charge is 0.405 e. The normalized spacial score (nSPS) is 21.7. The second kappa shape index (κ2) is 7.67. The van der Waals surface area contributed by atoms with Gasteiger partial charge in [0.1, 0.15) is 11.6 Å². The molecule has 1 aliphatic rings. The van der Waals surface area contributed by atoms with Crippen LogP contribution in [0.5, 0.6) is 5.75 Å². The number of nitrogens with zero attached hydrogens (tertiary/aromatic N) is 2. The maximum absolute atomic E-state index is 14.0. The van der Waals surface area contributed by atoms with Crippen molar-refractivity contribution in [2.24, 2.45) is 0 Å². The number of aliphatic hydroxyl groups is 1. The van der Waals surface area contributed by atoms with Crippen LogP contribution in [0.4, 0.5) is 17.6 Å². The first-order chi connectivity index (χ1) is 11.2. The van der Waals surface area contributed by atoms with E-state index in [0.29, 0.717) is 26.2 Å². The van der Waals surface area contributed by atoms with Crippen LogP contribution in [0.15, 0.2) is 18.2 Å². The van der Waals surface area contributed by atoms with Crippen molar-refractivity contribution in [1.82, 2.24) is 9.80 Å². The first-order valence-corrected chi connectivity index (χ1v) is 7.83. The standard InChI is InChI=1S/C16H22F4N2O2/c1-11-8-21(9-12(2)23)6-7-22(11)10-13-14(17)4-3-5-15(13)24-16(18,19)20/h3-5,11-12,23H,6-10H2,1-2H3/t11-,12+/m0/s1. The molecule has 0 spiro atoms. The fourth-order valence-electron chi connectivity index (χ4n) is 2.96. The molecule has 0 aliphatic carbocycles. The third kappa shape index (κ3) is 5.32. The molecule has 1 aromatic carbocycles. The molecule has 0 saturated carbocycles. The van der Waals surface area contributed by atoms with Crippen molar-refractivity contribution in [3.8, 4) is 5.75 Å². The van der Waals surface area contributed by atoms with Crippen molar-refractivity contribution in [3.05, 3.63) is 29.6 Å². The summed E-state index contributed by atoms with van der Waals surface area (Å²) < 4.78 is 55.5. The van der Waals surface area contributed by atoms with Crippen molar-refractivity contribution >= 4 is 0 Å². The largest absolute Gasteiger partial charge is 0.573 e. The zero-order valence-corrected chi connectivity index (χ0v) is 13.7. The van der Waals surface area contributed by atoms with Crippen LogP contribution in [0.25, 0.3) is 0 Å². The average Bonchev–Trinajstić information content (AvgIpc) is 2.42. The van der Waals surface area contributed by atoms with Crippen molar-refractivity contribution in [2.45, 2.75) is 38.9 Å². The molecule has 0 aromatic heterocycles. The second-order valence-corrected chi connectivity index (χ2v) is 6.19. The van der Waals surface area contributed by atoms with Crippen LogP contribution >= 0.6 is 0 Å². The molecule has 2 atom stereocenters. The number of rotatable bonds is 5. The van der Waals surface area contributed by atoms with Gasteiger partial charge in [-0.15, -0.1) is 13.2 Å². The van der Waals surface area contributed by atoms with Crippen LogP contribution in [0.3, 0.4) is 0 Å². The van der Waals surface area contributed by atoms with Crippen LogP contribution in [0.1, 0.15) is 19.4 Å². The highest BCUT2D eigenvalue weighted by atomic mass is 19.4. The van der Waals surface area contributed by atoms with Crippen molar-refractivity contribution in [2.75, 3.05) is 26.2 Å². The molecule has 1 aliphatic heterocycles. The Hall–Kier alpha value is -1.38. The highest BCUT2D eigenvalue weighted by molar-refractivity contribution is 5.35. The number of aliphatic hydroxyl groups excluding tert-OH is 1. The van der Waals surface area contributed by atoms with Crippen molar-refractivity contribution in [1.29, 1.82) is 0 Å². The minimum Gasteiger partial charge on any atom is -0.405 e. The summed E-state index contributed by atoms with van der Waals surface area (Å²) in [7, 11) is 0. The lowest BCUT2D eigenvalue weighted by Gasteiger charge is -2.40. The fourth-order valence-corrected chi connectivity index (χ4v) is 2.96. The minimum absolute atomic E-state index is 0.0239. The summed E-state index contributed by atoms with van der Waals surface area (Å²) >= 11 is 0. The van der Waals surface area contributed by atoms with Crippen molar-refractivity contribution in [3.63, 3.8) is 0 Å². The molecule has 4 nitrogen and oxygen atoms in total. The molecule has 24 heavy (non-hydrogen) atoms. The average molecular weight is 350 g/mol. The number of alkyl halides is 3. The molecule has 1 fully saturated rings. The Morgan fingerprint density at radius 3 is 2.62 bits per heavy atom. The van der Waals surface area contributed by atoms with Crippen LogP contribution in [0.2, 0.25) is 0 Å². The van der Waals surface area contributed by atoms with Gasteiger partial charge in [0, 0.05) is 44.3 Å². The summed E-state index contributed by atoms with van der Waals surface area (Å²) in [6.45, 7) is 6.13. The van der Waals surface area contributed by atoms with E-state index in [0.717, 1.165) is 12.1 Å². The third-order valence-electron chi connectivity index (χ3n) is 4.03. The molecule has 8 heteroatoms. The van der Waals surface area contributed by atoms with Gasteiger partial charge in [-0.25, -0.2) is 4.39 Å². The maximum atomic E-state index is 14.0. The lowest BCUT2D eigenvalue weighted by molar-refractivity contribution is -0.275. The molecule has 136 valence electrons. The van der Waals surface area contributed by atoms with Crippen LogP contribution in [-0.4, -0.2) is 59.6 Å². The number of ether oxygens (including phenoxy) is 1. The van der Waals surface area contributed by atoms with E-state index in [4.69, 9.17) is 0 Å². The Morgan fingerprint density at radius 2 is 2.04 bits per heavy atom. The van der Waals surface area contributed by atoms with Gasteiger partial charge in [-0.1, -0.05) is 6.07 Å². The van der Waals surface area contributed by atoms with E-state index in [9.17, 15) is 22.7 Å². The van der Waals surface area contributed by atoms with Crippen LogP contribution < -0.4 is 4.74 Å². The van der Waals surface area contributed by atoms with Gasteiger partial charge in [0.25, 0.3) is 0 Å². The Labute approximate surface area is 138 Å². The molecule has 1 N–H and O–H groups in total. The number of benzene rings is 1. The molecule has 0 bridgehead atoms. The zero-order valence-electron chi connectivity index (χ0n) is 13.7. The second-order valence-electron chi connectivity index (χ2n) is 6.19. The maximum Gasteiger partial charge on any atom is 0.573 e. The number of halogens is 4. The SMILES string of the molecule is C[C@@H](O)CN1CCN(Cc2c(F)cccc2OC(F)(F)F)[C@@H](C)C1. The first kappa shape index (κ1) is 19.0. The summed E-state index contributed by atoms with van der Waals surface area (Å²) in [6.07, 6.45) is -5.30. The molecule has 0 unspecified atom stereocenters. The predicted octanol–water partition coefficient (Wildman–Crippen LogP) is 2.61. The zero-order chi connectivity index (χ0) is 17.9. The van der Waals surface area contributed by atoms with Gasteiger partial charge in [0.2, 0.25) is 0 Å². The topological polar surface area (TPSA) is 35.9 Å². The third-order valence-corrected chi connectivity index (χ3v) is 4.03. The van der Waals surface area contributed by atoms with Gasteiger partial charge in [-0.3, -0.25) is 9.80 Å². The van der Waals surface area contributed by atoms with Gasteiger partial charge < -0.3 is 9.84 Å². The summed E-state index contributed by atoms with van der Waals surface area (Å²) in [6, 6.07) is 3.48. The monoisotopic (exact) mass is 350 g/mol. The number of piperazine rings is 1. The Morgan fingerprint density at radius 1 is 1.33 bits per heavy atom. The summed E-state index contributed by atoms with van der Waals surface area (Å²) in [4.78, 5) is 4.00. The van der Waals surface area contributed by atoms with Crippen LogP contribution in [-0.2, 0) is 6.54 Å². The van der Waals surface area contributed by atoms with Gasteiger partial charge in [-0.2, -0.15) is 0 Å². The molecule has 1 aromatic rings. The highest BCUT2D eigenvalue weighted by Gasteiger charge is 2.33. The number of β-amino-alcohol motifs (C(OH)–C–C–N with tert-alkyl or cyclic N) is 1. The number of hydrogen-bond acceptors (Lipinski definition) is 4. The summed E-state index contributed by atoms with van der Waals surface area (Å²) in [5.41, 5.74) is -0.0920. The van der Waals surface area contributed by atoms with E-state index in [1.807, 2.05) is 11.8 Å². The molecule has 0 amide bonds. The van der Waals surface area contributed by atoms with E-state index < -0.39 is 24.0 Å². The quantitative estimate of drug-likeness (QED) is 0.828. The highest BCUT2D eigenvalue weighted by Crippen LogP contribution is 2.30. The van der Waals surface area contributed by atoms with Crippen molar-refractivity contribution < 1.29 is 27.4 Å². The lowest BCUT2D eigenvalue weighted by Crippen LogP contribution is -2.52. The predicted molar refractivity (Wildman–Crippen MR) is 81.1 cm³/mol. The molecule has 1 saturated heterocycles. The number of hydrogen-bond donors (Lipinski definition) is 1. The van der Waals surface area contributed by atoms with E-state index >= 15 is 0 Å². The summed E-state index contributed by atoms with van der Waals surface area (Å²) in [5, 5.41) is 9.44. The lowest BCUT2D eigenvalue weighted by atomic mass is 10.1. The Bertz CT molecular complexity index is 551. The molecular weight excluding hydrogens is 328 g/mol.